The van der Waals surface area contributed by atoms with Gasteiger partial charge in [-0.15, -0.1) is 11.3 Å². The number of aliphatic carboxylic acids is 1. The summed E-state index contributed by atoms with van der Waals surface area (Å²) in [5.41, 5.74) is 1.83. The second-order valence-corrected chi connectivity index (χ2v) is 7.20. The van der Waals surface area contributed by atoms with Gasteiger partial charge in [-0.1, -0.05) is 0 Å². The lowest BCUT2D eigenvalue weighted by atomic mass is 10.1. The van der Waals surface area contributed by atoms with E-state index in [1.807, 2.05) is 24.4 Å². The second kappa shape index (κ2) is 7.38. The van der Waals surface area contributed by atoms with Crippen LogP contribution in [0.2, 0.25) is 0 Å². The highest BCUT2D eigenvalue weighted by Crippen LogP contribution is 2.35. The molecule has 4 nitrogen and oxygen atoms in total. The third-order valence-electron chi connectivity index (χ3n) is 2.72. The van der Waals surface area contributed by atoms with Crippen molar-refractivity contribution in [2.75, 3.05) is 0 Å². The van der Waals surface area contributed by atoms with Crippen molar-refractivity contribution < 1.29 is 14.6 Å². The second-order valence-electron chi connectivity index (χ2n) is 4.43. The van der Waals surface area contributed by atoms with Crippen LogP contribution in [0.3, 0.4) is 0 Å². The fourth-order valence-electron chi connectivity index (χ4n) is 1.77. The molecule has 7 heteroatoms. The van der Waals surface area contributed by atoms with Crippen molar-refractivity contribution in [3.8, 4) is 5.75 Å². The van der Waals surface area contributed by atoms with Gasteiger partial charge in [0.1, 0.15) is 12.4 Å². The van der Waals surface area contributed by atoms with Crippen LogP contribution in [0.5, 0.6) is 5.75 Å². The lowest BCUT2D eigenvalue weighted by molar-refractivity contribution is -0.136. The van der Waals surface area contributed by atoms with E-state index in [0.717, 1.165) is 25.2 Å². The molecule has 0 spiro atoms. The number of benzene rings is 1. The Hall–Kier alpha value is -0.920. The number of halogens is 2. The zero-order valence-corrected chi connectivity index (χ0v) is 15.2. The Kier molecular flexibility index (Phi) is 5.78. The van der Waals surface area contributed by atoms with E-state index >= 15 is 0 Å². The highest BCUT2D eigenvalue weighted by Gasteiger charge is 2.11. The van der Waals surface area contributed by atoms with Gasteiger partial charge in [-0.2, -0.15) is 0 Å². The first-order valence-corrected chi connectivity index (χ1v) is 8.66. The van der Waals surface area contributed by atoms with Crippen molar-refractivity contribution >= 4 is 49.2 Å². The maximum absolute atomic E-state index is 10.6. The zero-order chi connectivity index (χ0) is 15.4. The van der Waals surface area contributed by atoms with Crippen LogP contribution < -0.4 is 4.74 Å². The molecular formula is C14H13Br2NO3S. The van der Waals surface area contributed by atoms with Crippen molar-refractivity contribution in [2.45, 2.75) is 26.4 Å². The molecule has 0 radical (unpaired) electrons. The van der Waals surface area contributed by atoms with E-state index < -0.39 is 5.97 Å². The monoisotopic (exact) mass is 433 g/mol. The largest absolute Gasteiger partial charge is 0.485 e. The summed E-state index contributed by atoms with van der Waals surface area (Å²) in [7, 11) is 0. The fourth-order valence-corrected chi connectivity index (χ4v) is 3.87. The van der Waals surface area contributed by atoms with Gasteiger partial charge in [0.05, 0.1) is 19.6 Å². The molecule has 0 amide bonds. The first-order valence-electron chi connectivity index (χ1n) is 6.19. The average Bonchev–Trinajstić information content (AvgIpc) is 2.81. The maximum atomic E-state index is 10.6. The Bertz CT molecular complexity index is 634. The molecule has 0 atom stereocenters. The number of ether oxygens (including phenoxy) is 1. The fraction of sp³-hybridized carbons (Fsp3) is 0.286. The molecule has 21 heavy (non-hydrogen) atoms. The summed E-state index contributed by atoms with van der Waals surface area (Å²) < 4.78 is 7.37. The Morgan fingerprint density at radius 2 is 2.05 bits per heavy atom. The summed E-state index contributed by atoms with van der Waals surface area (Å²) >= 11 is 8.52. The van der Waals surface area contributed by atoms with Crippen molar-refractivity contribution in [2.24, 2.45) is 0 Å². The van der Waals surface area contributed by atoms with Gasteiger partial charge in [-0.3, -0.25) is 4.79 Å². The Morgan fingerprint density at radius 1 is 1.38 bits per heavy atom. The highest BCUT2D eigenvalue weighted by atomic mass is 79.9. The quantitative estimate of drug-likeness (QED) is 0.723. The number of hydrogen-bond acceptors (Lipinski definition) is 4. The first kappa shape index (κ1) is 16.5. The standard InChI is InChI=1S/C14H13Br2NO3S/c1-8-17-10(7-21-8)6-20-14-11(15)4-9(5-12(14)16)2-3-13(18)19/h4-5,7H,2-3,6H2,1H3,(H,18,19). The number of carboxylic acid groups (broad SMARTS) is 1. The van der Waals surface area contributed by atoms with Crippen LogP contribution in [0.25, 0.3) is 0 Å². The predicted octanol–water partition coefficient (Wildman–Crippen LogP) is 4.57. The third-order valence-corrected chi connectivity index (χ3v) is 4.72. The molecule has 0 unspecified atom stereocenters. The molecule has 0 fully saturated rings. The van der Waals surface area contributed by atoms with E-state index in [2.05, 4.69) is 36.8 Å². The van der Waals surface area contributed by atoms with Crippen molar-refractivity contribution in [3.05, 3.63) is 42.7 Å². The number of carbonyl (C=O) groups is 1. The Labute approximate surface area is 143 Å². The van der Waals surface area contributed by atoms with Gasteiger partial charge in [-0.25, -0.2) is 4.98 Å². The molecule has 0 saturated heterocycles. The van der Waals surface area contributed by atoms with Crippen LogP contribution in [0.15, 0.2) is 26.5 Å². The van der Waals surface area contributed by atoms with E-state index in [4.69, 9.17) is 9.84 Å². The van der Waals surface area contributed by atoms with E-state index in [1.165, 1.54) is 0 Å². The van der Waals surface area contributed by atoms with Crippen molar-refractivity contribution in [1.82, 2.24) is 4.98 Å². The van der Waals surface area contributed by atoms with Crippen LogP contribution in [0, 0.1) is 6.92 Å². The molecule has 0 bridgehead atoms. The molecule has 1 heterocycles. The number of hydrogen-bond donors (Lipinski definition) is 1. The molecule has 1 N–H and O–H groups in total. The number of thiazole rings is 1. The lowest BCUT2D eigenvalue weighted by Crippen LogP contribution is -2.00. The molecule has 112 valence electrons. The smallest absolute Gasteiger partial charge is 0.303 e. The maximum Gasteiger partial charge on any atom is 0.303 e. The number of nitrogens with zero attached hydrogens (tertiary/aromatic N) is 1. The molecule has 2 aromatic rings. The molecule has 0 aliphatic carbocycles. The minimum Gasteiger partial charge on any atom is -0.485 e. The highest BCUT2D eigenvalue weighted by molar-refractivity contribution is 9.11. The van der Waals surface area contributed by atoms with Gasteiger partial charge < -0.3 is 9.84 Å². The summed E-state index contributed by atoms with van der Waals surface area (Å²) in [6.07, 6.45) is 0.593. The summed E-state index contributed by atoms with van der Waals surface area (Å²) in [6.45, 7) is 2.35. The molecule has 1 aromatic heterocycles. The van der Waals surface area contributed by atoms with Crippen LogP contribution in [-0.2, 0) is 17.8 Å². The number of aromatic nitrogens is 1. The van der Waals surface area contributed by atoms with E-state index in [9.17, 15) is 4.79 Å². The van der Waals surface area contributed by atoms with E-state index in [0.29, 0.717) is 18.8 Å². The Balaban J connectivity index is 2.07. The molecule has 0 saturated carbocycles. The molecule has 2 rings (SSSR count). The van der Waals surface area contributed by atoms with Crippen molar-refractivity contribution in [3.63, 3.8) is 0 Å². The van der Waals surface area contributed by atoms with Crippen LogP contribution in [0.4, 0.5) is 0 Å². The SMILES string of the molecule is Cc1nc(COc2c(Br)cc(CCC(=O)O)cc2Br)cs1. The van der Waals surface area contributed by atoms with Gasteiger partial charge >= 0.3 is 5.97 Å². The molecule has 1 aromatic carbocycles. The summed E-state index contributed by atoms with van der Waals surface area (Å²) in [6, 6.07) is 3.77. The molecule has 0 aliphatic heterocycles. The Morgan fingerprint density at radius 3 is 2.57 bits per heavy atom. The average molecular weight is 435 g/mol. The first-order chi connectivity index (χ1) is 9.95. The summed E-state index contributed by atoms with van der Waals surface area (Å²) in [5, 5.41) is 11.7. The number of carboxylic acids is 1. The lowest BCUT2D eigenvalue weighted by Gasteiger charge is -2.11. The zero-order valence-electron chi connectivity index (χ0n) is 11.2. The predicted molar refractivity (Wildman–Crippen MR) is 89.0 cm³/mol. The minimum absolute atomic E-state index is 0.108. The van der Waals surface area contributed by atoms with E-state index in [-0.39, 0.29) is 6.42 Å². The minimum atomic E-state index is -0.804. The van der Waals surface area contributed by atoms with Gasteiger partial charge in [0, 0.05) is 11.8 Å². The molecule has 0 aliphatic rings. The van der Waals surface area contributed by atoms with Crippen LogP contribution >= 0.6 is 43.2 Å². The van der Waals surface area contributed by atoms with Gasteiger partial charge in [0.25, 0.3) is 0 Å². The summed E-state index contributed by atoms with van der Waals surface area (Å²) in [4.78, 5) is 15.0. The number of rotatable bonds is 6. The molecular weight excluding hydrogens is 422 g/mol. The normalized spacial score (nSPS) is 10.6. The van der Waals surface area contributed by atoms with Gasteiger partial charge in [0.15, 0.2) is 0 Å². The van der Waals surface area contributed by atoms with Crippen LogP contribution in [0.1, 0.15) is 22.7 Å². The third kappa shape index (κ3) is 4.79. The number of aryl methyl sites for hydroxylation is 2. The topological polar surface area (TPSA) is 59.4 Å². The van der Waals surface area contributed by atoms with E-state index in [1.54, 1.807) is 11.3 Å². The van der Waals surface area contributed by atoms with Crippen LogP contribution in [-0.4, -0.2) is 16.1 Å². The van der Waals surface area contributed by atoms with Gasteiger partial charge in [-0.05, 0) is 62.9 Å². The van der Waals surface area contributed by atoms with Crippen molar-refractivity contribution in [1.29, 1.82) is 0 Å². The van der Waals surface area contributed by atoms with Gasteiger partial charge in [0.2, 0.25) is 0 Å². The summed E-state index contributed by atoms with van der Waals surface area (Å²) in [5.74, 6) is -0.110.